The molecule has 0 radical (unpaired) electrons. The van der Waals surface area contributed by atoms with E-state index in [1.807, 2.05) is 37.3 Å². The molecule has 2 heterocycles. The first-order valence-corrected chi connectivity index (χ1v) is 10.7. The summed E-state index contributed by atoms with van der Waals surface area (Å²) in [5.41, 5.74) is 2.70. The maximum atomic E-state index is 13.2. The Bertz CT molecular complexity index is 1090. The number of nitrogens with zero attached hydrogens (tertiary/aromatic N) is 1. The fourth-order valence-corrected chi connectivity index (χ4v) is 4.21. The molecule has 0 amide bonds. The van der Waals surface area contributed by atoms with E-state index in [4.69, 9.17) is 21.1 Å². The molecule has 1 aliphatic heterocycles. The number of unbranched alkanes of at least 4 members (excludes halogenated alkanes) is 1. The van der Waals surface area contributed by atoms with Crippen LogP contribution in [0.1, 0.15) is 35.7 Å². The van der Waals surface area contributed by atoms with Gasteiger partial charge in [0.2, 0.25) is 6.29 Å². The standard InChI is InChI=1S/C22H21ClN2O3S/c1-3-4-10-27-21-15(20(26)14-11-13(2)8-9-17(14)28-21)12-24-22-25-19-16(23)6-5-7-18(19)29-22/h5-9,11-12,21H,3-4,10H2,1-2H3,(H,24,25)/b15-12-/t21-/m0/s1. The minimum absolute atomic E-state index is 0.108. The number of fused-ring (bicyclic) bond motifs is 2. The van der Waals surface area contributed by atoms with Crippen LogP contribution in [0.25, 0.3) is 10.2 Å². The molecule has 5 nitrogen and oxygen atoms in total. The van der Waals surface area contributed by atoms with Crippen LogP contribution in [0, 0.1) is 6.92 Å². The summed E-state index contributed by atoms with van der Waals surface area (Å²) in [5.74, 6) is 0.439. The molecule has 1 atom stereocenters. The Kier molecular flexibility index (Phi) is 5.85. The number of thiazole rings is 1. The van der Waals surface area contributed by atoms with Gasteiger partial charge >= 0.3 is 0 Å². The summed E-state index contributed by atoms with van der Waals surface area (Å²) in [6, 6.07) is 11.2. The van der Waals surface area contributed by atoms with Gasteiger partial charge in [-0.1, -0.05) is 54.0 Å². The molecule has 29 heavy (non-hydrogen) atoms. The number of Topliss-reactive ketones (excluding diaryl/α,β-unsaturated/α-hetero) is 1. The second kappa shape index (κ2) is 8.53. The number of carbonyl (C=O) groups excluding carboxylic acids is 1. The summed E-state index contributed by atoms with van der Waals surface area (Å²) in [5, 5.41) is 4.38. The molecule has 1 aliphatic rings. The van der Waals surface area contributed by atoms with Crippen molar-refractivity contribution in [2.24, 2.45) is 0 Å². The summed E-state index contributed by atoms with van der Waals surface area (Å²) in [7, 11) is 0. The van der Waals surface area contributed by atoms with Crippen molar-refractivity contribution in [2.45, 2.75) is 33.0 Å². The lowest BCUT2D eigenvalue weighted by molar-refractivity contribution is -0.0570. The van der Waals surface area contributed by atoms with Gasteiger partial charge in [0.05, 0.1) is 27.5 Å². The average molecular weight is 429 g/mol. The number of halogens is 1. The van der Waals surface area contributed by atoms with Crippen LogP contribution in [-0.4, -0.2) is 23.7 Å². The number of carbonyl (C=O) groups is 1. The molecule has 0 spiro atoms. The molecule has 0 saturated heterocycles. The summed E-state index contributed by atoms with van der Waals surface area (Å²) in [6.07, 6.45) is 2.77. The predicted molar refractivity (Wildman–Crippen MR) is 117 cm³/mol. The number of hydrogen-bond acceptors (Lipinski definition) is 6. The number of ketones is 1. The lowest BCUT2D eigenvalue weighted by Gasteiger charge is -2.27. The average Bonchev–Trinajstić information content (AvgIpc) is 3.13. The maximum Gasteiger partial charge on any atom is 0.232 e. The number of aryl methyl sites for hydroxylation is 1. The molecule has 3 aromatic rings. The van der Waals surface area contributed by atoms with E-state index in [-0.39, 0.29) is 5.78 Å². The van der Waals surface area contributed by atoms with Gasteiger partial charge in [0.1, 0.15) is 11.3 Å². The Hall–Kier alpha value is -2.41. The molecule has 4 rings (SSSR count). The Labute approximate surface area is 178 Å². The third-order valence-electron chi connectivity index (χ3n) is 4.62. The van der Waals surface area contributed by atoms with Gasteiger partial charge in [0.25, 0.3) is 0 Å². The number of anilines is 1. The number of ether oxygens (including phenoxy) is 2. The zero-order valence-corrected chi connectivity index (χ0v) is 17.8. The maximum absolute atomic E-state index is 13.2. The first-order valence-electron chi connectivity index (χ1n) is 9.52. The molecular formula is C22H21ClN2O3S. The number of para-hydroxylation sites is 1. The van der Waals surface area contributed by atoms with Crippen molar-refractivity contribution < 1.29 is 14.3 Å². The molecule has 0 unspecified atom stereocenters. The first-order chi connectivity index (χ1) is 14.1. The Balaban J connectivity index is 1.64. The van der Waals surface area contributed by atoms with Crippen molar-refractivity contribution in [2.75, 3.05) is 11.9 Å². The van der Waals surface area contributed by atoms with Crippen molar-refractivity contribution in [3.05, 3.63) is 64.3 Å². The van der Waals surface area contributed by atoms with Gasteiger partial charge in [0.15, 0.2) is 10.9 Å². The molecule has 1 aromatic heterocycles. The second-order valence-corrected chi connectivity index (χ2v) is 8.29. The lowest BCUT2D eigenvalue weighted by atomic mass is 9.98. The largest absolute Gasteiger partial charge is 0.460 e. The van der Waals surface area contributed by atoms with E-state index < -0.39 is 6.29 Å². The lowest BCUT2D eigenvalue weighted by Crippen LogP contribution is -2.33. The fourth-order valence-electron chi connectivity index (χ4n) is 3.07. The van der Waals surface area contributed by atoms with Gasteiger partial charge in [-0.3, -0.25) is 4.79 Å². The molecular weight excluding hydrogens is 408 g/mol. The minimum atomic E-state index is -0.755. The van der Waals surface area contributed by atoms with Gasteiger partial charge < -0.3 is 14.8 Å². The van der Waals surface area contributed by atoms with Crippen molar-refractivity contribution in [1.29, 1.82) is 0 Å². The smallest absolute Gasteiger partial charge is 0.232 e. The van der Waals surface area contributed by atoms with E-state index in [1.54, 1.807) is 12.3 Å². The Morgan fingerprint density at radius 1 is 1.34 bits per heavy atom. The Morgan fingerprint density at radius 2 is 2.21 bits per heavy atom. The molecule has 0 saturated carbocycles. The van der Waals surface area contributed by atoms with E-state index in [2.05, 4.69) is 17.2 Å². The summed E-state index contributed by atoms with van der Waals surface area (Å²) < 4.78 is 12.8. The van der Waals surface area contributed by atoms with Crippen LogP contribution < -0.4 is 10.1 Å². The van der Waals surface area contributed by atoms with Crippen molar-refractivity contribution in [3.8, 4) is 5.75 Å². The van der Waals surface area contributed by atoms with E-state index in [1.165, 1.54) is 11.3 Å². The first kappa shape index (κ1) is 19.9. The topological polar surface area (TPSA) is 60.5 Å². The van der Waals surface area contributed by atoms with Crippen LogP contribution >= 0.6 is 22.9 Å². The number of aromatic nitrogens is 1. The molecule has 1 N–H and O–H groups in total. The van der Waals surface area contributed by atoms with Crippen molar-refractivity contribution in [3.63, 3.8) is 0 Å². The van der Waals surface area contributed by atoms with E-state index in [0.717, 1.165) is 28.6 Å². The van der Waals surface area contributed by atoms with E-state index in [9.17, 15) is 4.79 Å². The van der Waals surface area contributed by atoms with Gasteiger partial charge in [-0.2, -0.15) is 0 Å². The summed E-state index contributed by atoms with van der Waals surface area (Å²) in [6.45, 7) is 4.55. The quantitative estimate of drug-likeness (QED) is 0.387. The highest BCUT2D eigenvalue weighted by molar-refractivity contribution is 7.22. The summed E-state index contributed by atoms with van der Waals surface area (Å²) >= 11 is 7.68. The molecule has 150 valence electrons. The van der Waals surface area contributed by atoms with Crippen molar-refractivity contribution >= 4 is 44.1 Å². The normalized spacial score (nSPS) is 17.4. The van der Waals surface area contributed by atoms with E-state index in [0.29, 0.717) is 33.6 Å². The van der Waals surface area contributed by atoms with Crippen LogP contribution in [0.2, 0.25) is 5.02 Å². The number of rotatable bonds is 6. The molecule has 2 aromatic carbocycles. The van der Waals surface area contributed by atoms with Crippen molar-refractivity contribution in [1.82, 2.24) is 4.98 Å². The van der Waals surface area contributed by atoms with Crippen LogP contribution in [0.4, 0.5) is 5.13 Å². The minimum Gasteiger partial charge on any atom is -0.460 e. The third kappa shape index (κ3) is 4.15. The summed E-state index contributed by atoms with van der Waals surface area (Å²) in [4.78, 5) is 17.7. The molecule has 0 fully saturated rings. The van der Waals surface area contributed by atoms with Crippen LogP contribution in [0.15, 0.2) is 48.2 Å². The molecule has 7 heteroatoms. The van der Waals surface area contributed by atoms with Crippen LogP contribution in [0.3, 0.4) is 0 Å². The highest BCUT2D eigenvalue weighted by atomic mass is 35.5. The monoisotopic (exact) mass is 428 g/mol. The fraction of sp³-hybridized carbons (Fsp3) is 0.273. The van der Waals surface area contributed by atoms with E-state index >= 15 is 0 Å². The third-order valence-corrected chi connectivity index (χ3v) is 5.87. The number of hydrogen-bond donors (Lipinski definition) is 1. The number of nitrogens with one attached hydrogen (secondary N) is 1. The number of benzene rings is 2. The highest BCUT2D eigenvalue weighted by Crippen LogP contribution is 2.34. The molecule has 0 bridgehead atoms. The van der Waals surface area contributed by atoms with Crippen LogP contribution in [-0.2, 0) is 4.74 Å². The predicted octanol–water partition coefficient (Wildman–Crippen LogP) is 5.97. The van der Waals surface area contributed by atoms with Gasteiger partial charge in [-0.15, -0.1) is 0 Å². The SMILES string of the molecule is CCCCO[C@H]1Oc2ccc(C)cc2C(=O)/C1=C/Nc1nc2c(Cl)cccc2s1. The highest BCUT2D eigenvalue weighted by Gasteiger charge is 2.32. The van der Waals surface area contributed by atoms with Gasteiger partial charge in [0, 0.05) is 6.20 Å². The van der Waals surface area contributed by atoms with Gasteiger partial charge in [-0.25, -0.2) is 4.98 Å². The second-order valence-electron chi connectivity index (χ2n) is 6.85. The zero-order valence-electron chi connectivity index (χ0n) is 16.2. The zero-order chi connectivity index (χ0) is 20.4. The molecule has 0 aliphatic carbocycles. The van der Waals surface area contributed by atoms with Gasteiger partial charge in [-0.05, 0) is 37.6 Å². The van der Waals surface area contributed by atoms with Crippen LogP contribution in [0.5, 0.6) is 5.75 Å². The Morgan fingerprint density at radius 3 is 3.00 bits per heavy atom.